The zero-order chi connectivity index (χ0) is 95.9. The van der Waals surface area contributed by atoms with E-state index in [9.17, 15) is 0 Å². The summed E-state index contributed by atoms with van der Waals surface area (Å²) in [6, 6.07) is 98.0. The van der Waals surface area contributed by atoms with Gasteiger partial charge in [-0.1, -0.05) is 218 Å². The topological polar surface area (TPSA) is 276 Å². The molecule has 0 amide bonds. The third kappa shape index (κ3) is 17.1. The zero-order valence-electron chi connectivity index (χ0n) is 77.8. The van der Waals surface area contributed by atoms with Crippen LogP contribution in [0.15, 0.2) is 328 Å². The van der Waals surface area contributed by atoms with Gasteiger partial charge in [-0.25, -0.2) is 23.5 Å². The second-order valence-corrected chi connectivity index (χ2v) is 33.5. The van der Waals surface area contributed by atoms with Crippen LogP contribution < -0.4 is 58.0 Å². The molecule has 2 aliphatic heterocycles. The maximum Gasteiger partial charge on any atom is 0.509 e. The Kier molecular flexibility index (Phi) is 26.4. The van der Waals surface area contributed by atoms with Gasteiger partial charge >= 0.3 is 6.16 Å². The minimum absolute atomic E-state index is 0.00602. The van der Waals surface area contributed by atoms with Gasteiger partial charge in [0, 0.05) is 0 Å². The molecule has 8 atom stereocenters. The lowest BCUT2D eigenvalue weighted by atomic mass is 9.77. The van der Waals surface area contributed by atoms with Gasteiger partial charge in [0.15, 0.2) is 58.3 Å². The Morgan fingerprint density at radius 3 is 0.783 bits per heavy atom. The van der Waals surface area contributed by atoms with Gasteiger partial charge in [0.1, 0.15) is 80.5 Å². The number of alkyl halides is 2. The van der Waals surface area contributed by atoms with E-state index in [1.807, 2.05) is 267 Å². The van der Waals surface area contributed by atoms with Crippen molar-refractivity contribution in [3.63, 3.8) is 0 Å². The van der Waals surface area contributed by atoms with Crippen molar-refractivity contribution in [2.45, 2.75) is 84.3 Å². The molecule has 27 nitrogen and oxygen atoms in total. The summed E-state index contributed by atoms with van der Waals surface area (Å²) >= 11 is 0. The minimum Gasteiger partial charge on any atom is -0.497 e. The van der Waals surface area contributed by atoms with Crippen LogP contribution in [0.3, 0.4) is 0 Å². The van der Waals surface area contributed by atoms with Crippen molar-refractivity contribution < 1.29 is 89.4 Å². The zero-order valence-corrected chi connectivity index (χ0v) is 77.8. The Hall–Kier alpha value is -15.7. The molecule has 2 saturated heterocycles. The molecule has 704 valence electrons. The van der Waals surface area contributed by atoms with Gasteiger partial charge in [-0.2, -0.15) is 19.9 Å². The highest BCUT2D eigenvalue weighted by molar-refractivity contribution is 5.80. The Morgan fingerprint density at radius 1 is 0.319 bits per heavy atom. The van der Waals surface area contributed by atoms with E-state index < -0.39 is 89.9 Å². The van der Waals surface area contributed by atoms with Crippen molar-refractivity contribution in [3.8, 4) is 57.8 Å². The van der Waals surface area contributed by atoms with Crippen LogP contribution >= 0.6 is 0 Å². The molecule has 0 spiro atoms. The number of ether oxygens (including phenoxy) is 16. The molecule has 0 saturated carbocycles. The van der Waals surface area contributed by atoms with Gasteiger partial charge in [0.2, 0.25) is 23.7 Å². The van der Waals surface area contributed by atoms with Gasteiger partial charge in [-0.15, -0.1) is 0 Å². The molecule has 16 aromatic rings. The Balaban J connectivity index is 0.784. The minimum atomic E-state index is -2.89. The number of methoxy groups -OCH3 is 10. The summed E-state index contributed by atoms with van der Waals surface area (Å²) in [5, 5.41) is 7.48. The fourth-order valence-electron chi connectivity index (χ4n) is 18.9. The number of carbonyl (C=O) groups is 1. The predicted molar refractivity (Wildman–Crippen MR) is 514 cm³/mol. The number of carbonyl (C=O) groups excluding carboxylic acids is 1. The third-order valence-corrected chi connectivity index (χ3v) is 25.9. The first-order valence-corrected chi connectivity index (χ1v) is 44.6. The number of nitrogens with one attached hydrogen (secondary N) is 2. The highest BCUT2D eigenvalue weighted by atomic mass is 19.1. The van der Waals surface area contributed by atoms with Gasteiger partial charge in [-0.3, -0.25) is 9.13 Å². The second kappa shape index (κ2) is 39.3. The van der Waals surface area contributed by atoms with Gasteiger partial charge in [0.25, 0.3) is 0 Å². The summed E-state index contributed by atoms with van der Waals surface area (Å²) in [5.41, 5.74) is -3.27. The predicted octanol–water partition coefficient (Wildman–Crippen LogP) is 19.7. The number of rotatable bonds is 36. The van der Waals surface area contributed by atoms with Crippen LogP contribution in [0.5, 0.6) is 57.8 Å². The summed E-state index contributed by atoms with van der Waals surface area (Å²) in [6.07, 6.45) is -9.89. The number of hydrogen-bond acceptors (Lipinski definition) is 25. The molecule has 12 aromatic carbocycles. The van der Waals surface area contributed by atoms with E-state index in [0.29, 0.717) is 79.4 Å². The summed E-state index contributed by atoms with van der Waals surface area (Å²) in [7, 11) is 15.5. The van der Waals surface area contributed by atoms with Crippen LogP contribution in [-0.4, -0.2) is 165 Å². The number of benzene rings is 12. The molecular formula is C109H102F2N10O17. The summed E-state index contributed by atoms with van der Waals surface area (Å²) in [5.74, 6) is 4.55. The first-order chi connectivity index (χ1) is 67.2. The van der Waals surface area contributed by atoms with Crippen molar-refractivity contribution in [2.24, 2.45) is 0 Å². The van der Waals surface area contributed by atoms with Crippen molar-refractivity contribution >= 4 is 40.4 Å². The van der Waals surface area contributed by atoms with Crippen LogP contribution in [-0.2, 0) is 50.7 Å². The Bertz CT molecular complexity index is 6250. The summed E-state index contributed by atoms with van der Waals surface area (Å²) < 4.78 is 145. The number of aromatic nitrogens is 8. The van der Waals surface area contributed by atoms with Crippen molar-refractivity contribution in [1.82, 2.24) is 39.0 Å². The quantitative estimate of drug-likeness (QED) is 0.0273. The number of halogens is 2. The van der Waals surface area contributed by atoms with Crippen LogP contribution in [0.4, 0.5) is 25.5 Å². The first-order valence-electron chi connectivity index (χ1n) is 44.6. The maximum atomic E-state index is 20.4. The summed E-state index contributed by atoms with van der Waals surface area (Å²) in [6.45, 7) is 1.32. The van der Waals surface area contributed by atoms with Crippen LogP contribution in [0, 0.1) is 0 Å². The molecule has 0 bridgehead atoms. The molecule has 2 aliphatic rings. The highest BCUT2D eigenvalue weighted by Gasteiger charge is 2.63. The first kappa shape index (κ1) is 92.7. The van der Waals surface area contributed by atoms with E-state index in [4.69, 9.17) is 106 Å². The molecule has 6 heterocycles. The largest absolute Gasteiger partial charge is 0.509 e. The number of imidazole rings is 2. The van der Waals surface area contributed by atoms with Gasteiger partial charge in [0.05, 0.1) is 97.0 Å². The SMILES string of the molecule is COc1ccc(C(Nc2nc(OC)c3ncn(C4O[C@H](COC(c5ccccc5)(c5ccc(OC)cc5)c5ccc(OC)cc5)[C@@H](OC(=O)O[C@@H]5[C@@H](COC(c6ccccc6)(c6ccc(OC)cc6)c6ccc(OC)cc6)OC(n6cnc7c(OC)nc(NC(c8ccccc8)(c8ccc(OC)cc8)c8ccc(OC)cc8)nc76)[C@]5(C)F)[C@@]4(C)F)c3n2)(c2ccccc2)c2ccc(OC)cc2)cc1. The van der Waals surface area contributed by atoms with E-state index in [-0.39, 0.29) is 46.0 Å². The maximum absolute atomic E-state index is 20.4. The van der Waals surface area contributed by atoms with E-state index in [1.165, 1.54) is 49.9 Å². The molecule has 2 N–H and O–H groups in total. The Morgan fingerprint density at radius 2 is 0.543 bits per heavy atom. The lowest BCUT2D eigenvalue weighted by Crippen LogP contribution is -2.48. The molecule has 0 radical (unpaired) electrons. The standard InChI is InChI=1S/C109H102F2N10O17/c1-104(110)93(89(65-133-108(75-29-21-15-22-30-75,77-41-57-85(127-7)58-42-77)78-43-59-86(128-8)60-44-78)135-99(104)120-67-112-91-95(120)114-101(116-97(91)131-11)118-106(69-25-17-13-18-26-69,71-33-49-81(123-3)50-34-71)72-35-51-82(124-4)52-36-72)137-103(122)138-94-90(66-134-109(76-31-23-16-24-32-76,79-45-61-87(129-9)62-46-79)80-47-63-88(130-10)64-48-80)136-100(105(94,2)111)121-68-113-92-96(121)115-102(117-98(92)132-12)119-107(70-27-19-14-20-28-70,73-37-53-83(125-5)54-38-73)74-39-55-84(126-6)56-40-74/h13-64,67-68,89-90,93-94,99-100H,65-66H2,1-12H3,(H,114,116,118)(H,115,117,119)/t89-,90-,93-,94-,99?,100?,104-,105-/m1/s1. The fraction of sp³-hybridized carbons (Fsp3) is 0.239. The molecule has 4 aromatic heterocycles. The molecule has 18 rings (SSSR count). The number of hydrogen-bond donors (Lipinski definition) is 2. The second-order valence-electron chi connectivity index (χ2n) is 33.5. The van der Waals surface area contributed by atoms with Crippen molar-refractivity contribution in [2.75, 3.05) is 94.9 Å². The molecule has 2 unspecified atom stereocenters. The molecular weight excluding hydrogens is 1760 g/mol. The average molecular weight is 1860 g/mol. The molecule has 138 heavy (non-hydrogen) atoms. The number of nitrogens with zero attached hydrogens (tertiary/aromatic N) is 8. The van der Waals surface area contributed by atoms with Crippen molar-refractivity contribution in [1.29, 1.82) is 0 Å². The fourth-order valence-corrected chi connectivity index (χ4v) is 18.9. The molecule has 2 fully saturated rings. The van der Waals surface area contributed by atoms with Crippen LogP contribution in [0.25, 0.3) is 22.3 Å². The van der Waals surface area contributed by atoms with E-state index in [1.54, 1.807) is 105 Å². The lowest BCUT2D eigenvalue weighted by Gasteiger charge is -2.37. The molecule has 29 heteroatoms. The molecule has 0 aliphatic carbocycles. The Labute approximate surface area is 796 Å². The van der Waals surface area contributed by atoms with Crippen LogP contribution in [0.1, 0.15) is 93.1 Å². The number of fused-ring (bicyclic) bond motifs is 2. The van der Waals surface area contributed by atoms with E-state index in [2.05, 4.69) is 10.6 Å². The van der Waals surface area contributed by atoms with E-state index in [0.717, 1.165) is 33.4 Å². The lowest BCUT2D eigenvalue weighted by molar-refractivity contribution is -0.114. The summed E-state index contributed by atoms with van der Waals surface area (Å²) in [4.78, 5) is 46.6. The van der Waals surface area contributed by atoms with Gasteiger partial charge < -0.3 is 86.4 Å². The van der Waals surface area contributed by atoms with Crippen LogP contribution in [0.2, 0.25) is 0 Å². The highest BCUT2D eigenvalue weighted by Crippen LogP contribution is 2.53. The monoisotopic (exact) mass is 1860 g/mol. The smallest absolute Gasteiger partial charge is 0.497 e. The normalized spacial score (nSPS) is 18.2. The van der Waals surface area contributed by atoms with Gasteiger partial charge in [-0.05, 0) is 178 Å². The van der Waals surface area contributed by atoms with Crippen molar-refractivity contribution in [3.05, 3.63) is 395 Å². The van der Waals surface area contributed by atoms with E-state index >= 15 is 13.6 Å². The average Bonchev–Trinajstić information content (AvgIpc) is 1.46. The number of anilines is 2. The third-order valence-electron chi connectivity index (χ3n) is 25.9.